The number of aliphatic hydroxyl groups excluding tert-OH is 4. The Morgan fingerprint density at radius 2 is 1.05 bits per heavy atom. The molecule has 0 aliphatic rings. The molecule has 33 heteroatoms. The number of carbonyl (C=O) groups is 13. The smallest absolute Gasteiger partial charge is 0.328 e. The van der Waals surface area contributed by atoms with Gasteiger partial charge in [-0.3, -0.25) is 57.5 Å². The van der Waals surface area contributed by atoms with Gasteiger partial charge in [0.15, 0.2) is 0 Å². The molecule has 0 saturated carbocycles. The number of carbonyl (C=O) groups excluding carboxylic acids is 10. The number of H-pyrrole nitrogens is 1. The number of benzene rings is 1. The summed E-state index contributed by atoms with van der Waals surface area (Å²) in [6.07, 6.45) is -3.26. The van der Waals surface area contributed by atoms with Gasteiger partial charge in [-0.05, 0) is 38.7 Å². The highest BCUT2D eigenvalue weighted by Crippen LogP contribution is 2.09. The van der Waals surface area contributed by atoms with Gasteiger partial charge in [0.1, 0.15) is 54.4 Å². The molecule has 1 aromatic heterocycles. The topological polar surface area (TPSA) is 539 Å². The Bertz CT molecular complexity index is 2520. The van der Waals surface area contributed by atoms with Crippen LogP contribution in [0.1, 0.15) is 65.1 Å². The normalized spacial score (nSPS) is 15.5. The van der Waals surface area contributed by atoms with Crippen molar-refractivity contribution in [2.75, 3.05) is 19.8 Å². The van der Waals surface area contributed by atoms with E-state index in [2.05, 4.69) is 52.5 Å². The number of rotatable bonds is 35. The molecule has 81 heavy (non-hydrogen) atoms. The molecule has 448 valence electrons. The van der Waals surface area contributed by atoms with Gasteiger partial charge in [-0.25, -0.2) is 9.78 Å². The van der Waals surface area contributed by atoms with Crippen LogP contribution in [0.2, 0.25) is 0 Å². The summed E-state index contributed by atoms with van der Waals surface area (Å²) in [6.45, 7) is 3.03. The number of imidazole rings is 1. The van der Waals surface area contributed by atoms with Crippen molar-refractivity contribution in [2.24, 2.45) is 11.7 Å². The van der Waals surface area contributed by atoms with Crippen molar-refractivity contribution in [3.8, 4) is 0 Å². The van der Waals surface area contributed by atoms with Gasteiger partial charge in [0.25, 0.3) is 0 Å². The van der Waals surface area contributed by atoms with Crippen LogP contribution in [0, 0.1) is 5.92 Å². The van der Waals surface area contributed by atoms with Crippen molar-refractivity contribution in [3.05, 3.63) is 54.1 Å². The van der Waals surface area contributed by atoms with Gasteiger partial charge in [-0.15, -0.1) is 0 Å². The van der Waals surface area contributed by atoms with Crippen LogP contribution in [-0.4, -0.2) is 215 Å². The third kappa shape index (κ3) is 23.7. The quantitative estimate of drug-likeness (QED) is 0.0305. The first-order valence-electron chi connectivity index (χ1n) is 25.0. The summed E-state index contributed by atoms with van der Waals surface area (Å²) in [5, 5.41) is 90.7. The molecular formula is C48H71N13O20. The molecule has 0 radical (unpaired) electrons. The minimum Gasteiger partial charge on any atom is -0.481 e. The number of nitrogens with one attached hydrogen (secondary N) is 11. The second-order valence-corrected chi connectivity index (χ2v) is 18.8. The van der Waals surface area contributed by atoms with E-state index in [1.54, 1.807) is 18.2 Å². The van der Waals surface area contributed by atoms with Crippen LogP contribution in [0.3, 0.4) is 0 Å². The van der Waals surface area contributed by atoms with Crippen LogP contribution >= 0.6 is 0 Å². The van der Waals surface area contributed by atoms with E-state index in [0.29, 0.717) is 11.3 Å². The van der Waals surface area contributed by atoms with Gasteiger partial charge in [0.2, 0.25) is 59.1 Å². The molecule has 0 spiro atoms. The Morgan fingerprint density at radius 3 is 1.57 bits per heavy atom. The van der Waals surface area contributed by atoms with Crippen molar-refractivity contribution >= 4 is 77.0 Å². The molecule has 0 fully saturated rings. The lowest BCUT2D eigenvalue weighted by molar-refractivity contribution is -0.144. The Labute approximate surface area is 462 Å². The molecule has 0 unspecified atom stereocenters. The summed E-state index contributed by atoms with van der Waals surface area (Å²) in [5.41, 5.74) is 6.85. The number of aliphatic hydroxyl groups is 4. The average molecular weight is 1150 g/mol. The molecule has 1 heterocycles. The van der Waals surface area contributed by atoms with E-state index in [0.717, 1.165) is 13.8 Å². The summed E-state index contributed by atoms with van der Waals surface area (Å²) in [4.78, 5) is 174. The lowest BCUT2D eigenvalue weighted by atomic mass is 10.0. The van der Waals surface area contributed by atoms with E-state index in [1.165, 1.54) is 45.4 Å². The molecule has 10 amide bonds. The second kappa shape index (κ2) is 33.7. The number of amides is 10. The zero-order chi connectivity index (χ0) is 61.3. The Balaban J connectivity index is 2.25. The number of hydrogen-bond acceptors (Lipinski definition) is 19. The highest BCUT2D eigenvalue weighted by atomic mass is 16.4. The fourth-order valence-corrected chi connectivity index (χ4v) is 7.19. The maximum atomic E-state index is 14.0. The first kappa shape index (κ1) is 68.4. The molecule has 2 rings (SSSR count). The number of nitrogens with zero attached hydrogens (tertiary/aromatic N) is 1. The molecule has 33 nitrogen and oxygen atoms in total. The standard InChI is InChI=1S/C48H71N13O20/c1-21(2)36(45(77)58-32(19-63)48(80)81)60-43(75)30(15-35(69)70)55-44(76)31(18-62)57-47(79)38(24(5)65)61-42(74)29(13-25-9-7-6-8-10-25)56-46(78)37(23(4)64)59-33(66)17-51-41(73)28(11-12-34(67)68)54-39(71)22(3)53-40(72)27(49)14-26-16-50-20-52-26/h6-10,16,20-24,27-32,36-38,62-65H,11-15,17-19,49H2,1-5H3,(H,50,52)(H,51,73)(H,53,72)(H,54,71)(H,55,76)(H,56,78)(H,57,79)(H,58,77)(H,59,66)(H,60,75)(H,61,74)(H,67,68)(H,69,70)(H,80,81)/t22-,23-,24-,27+,28+,29+,30+,31+,32+,36+,37+,38+/m1/s1. The SMILES string of the molecule is CC(C)[C@H](NC(=O)[C@H](CC(=O)O)NC(=O)[C@H](CO)NC(=O)[C@@H](NC(=O)[C@H](Cc1ccccc1)NC(=O)[C@@H](NC(=O)CNC(=O)[C@H](CCC(=O)O)NC(=O)[C@@H](C)NC(=O)[C@@H](N)Cc1cnc[nH]1)[C@@H](C)O)[C@@H](C)O)C(=O)N[C@@H](CO)C(=O)O. The largest absolute Gasteiger partial charge is 0.481 e. The summed E-state index contributed by atoms with van der Waals surface area (Å²) in [6, 6.07) is -9.04. The van der Waals surface area contributed by atoms with Gasteiger partial charge >= 0.3 is 17.9 Å². The van der Waals surface area contributed by atoms with Crippen LogP contribution in [0.15, 0.2) is 42.9 Å². The minimum absolute atomic E-state index is 0.0367. The van der Waals surface area contributed by atoms with E-state index in [4.69, 9.17) is 5.73 Å². The first-order chi connectivity index (χ1) is 38.0. The summed E-state index contributed by atoms with van der Waals surface area (Å²) < 4.78 is 0. The monoisotopic (exact) mass is 1150 g/mol. The first-order valence-corrected chi connectivity index (χ1v) is 25.0. The summed E-state index contributed by atoms with van der Waals surface area (Å²) >= 11 is 0. The maximum absolute atomic E-state index is 14.0. The predicted octanol–water partition coefficient (Wildman–Crippen LogP) is -8.15. The van der Waals surface area contributed by atoms with Crippen molar-refractivity contribution in [1.29, 1.82) is 0 Å². The molecule has 2 aromatic rings. The van der Waals surface area contributed by atoms with Gasteiger partial charge in [0.05, 0.1) is 50.8 Å². The van der Waals surface area contributed by atoms with Crippen LogP contribution in [0.5, 0.6) is 0 Å². The Hall–Kier alpha value is -8.66. The van der Waals surface area contributed by atoms with Gasteiger partial charge in [-0.1, -0.05) is 44.2 Å². The molecule has 1 aromatic carbocycles. The number of aromatic nitrogens is 2. The predicted molar refractivity (Wildman–Crippen MR) is 276 cm³/mol. The van der Waals surface area contributed by atoms with Crippen LogP contribution in [-0.2, 0) is 75.2 Å². The second-order valence-electron chi connectivity index (χ2n) is 18.8. The van der Waals surface area contributed by atoms with Gasteiger partial charge in [-0.2, -0.15) is 0 Å². The van der Waals surface area contributed by atoms with Crippen molar-refractivity contribution in [2.45, 2.75) is 139 Å². The molecule has 0 bridgehead atoms. The van der Waals surface area contributed by atoms with E-state index >= 15 is 0 Å². The van der Waals surface area contributed by atoms with E-state index in [1.807, 2.05) is 10.6 Å². The minimum atomic E-state index is -2.02. The number of aromatic amines is 1. The molecule has 0 aliphatic heterocycles. The highest BCUT2D eigenvalue weighted by Gasteiger charge is 2.37. The molecule has 0 saturated heterocycles. The molecular weight excluding hydrogens is 1080 g/mol. The zero-order valence-electron chi connectivity index (χ0n) is 44.7. The Kier molecular flexibility index (Phi) is 28.5. The van der Waals surface area contributed by atoms with E-state index in [-0.39, 0.29) is 12.8 Å². The zero-order valence-corrected chi connectivity index (χ0v) is 44.7. The van der Waals surface area contributed by atoms with Gasteiger partial charge in [0, 0.05) is 31.2 Å². The Morgan fingerprint density at radius 1 is 0.543 bits per heavy atom. The number of aliphatic carboxylic acids is 3. The van der Waals surface area contributed by atoms with Gasteiger partial charge < -0.3 is 99.6 Å². The van der Waals surface area contributed by atoms with Crippen LogP contribution in [0.4, 0.5) is 0 Å². The molecule has 0 aliphatic carbocycles. The van der Waals surface area contributed by atoms with Crippen molar-refractivity contribution in [3.63, 3.8) is 0 Å². The fraction of sp³-hybridized carbons (Fsp3) is 0.542. The van der Waals surface area contributed by atoms with E-state index < -0.39 is 195 Å². The van der Waals surface area contributed by atoms with Crippen molar-refractivity contribution < 1.29 is 98.1 Å². The van der Waals surface area contributed by atoms with E-state index in [9.17, 15) is 98.1 Å². The average Bonchev–Trinajstić information content (AvgIpc) is 3.92. The number of carboxylic acids is 3. The molecule has 12 atom stereocenters. The summed E-state index contributed by atoms with van der Waals surface area (Å²) in [7, 11) is 0. The number of hydrogen-bond donors (Lipinski definition) is 19. The van der Waals surface area contributed by atoms with Crippen molar-refractivity contribution in [1.82, 2.24) is 63.1 Å². The third-order valence-corrected chi connectivity index (χ3v) is 11.7. The lowest BCUT2D eigenvalue weighted by Gasteiger charge is -2.28. The fourth-order valence-electron chi connectivity index (χ4n) is 7.19. The lowest BCUT2D eigenvalue weighted by Crippen LogP contribution is -2.63. The maximum Gasteiger partial charge on any atom is 0.328 e. The highest BCUT2D eigenvalue weighted by molar-refractivity contribution is 5.99. The van der Waals surface area contributed by atoms with Crippen LogP contribution < -0.4 is 58.9 Å². The van der Waals surface area contributed by atoms with Crippen LogP contribution in [0.25, 0.3) is 0 Å². The number of carboxylic acid groups (broad SMARTS) is 3. The third-order valence-electron chi connectivity index (χ3n) is 11.7. The number of nitrogens with two attached hydrogens (primary N) is 1. The molecule has 20 N–H and O–H groups in total. The summed E-state index contributed by atoms with van der Waals surface area (Å²) in [5.74, 6) is -16.8.